The molecule has 1 heterocycles. The quantitative estimate of drug-likeness (QED) is 0.365. The molecule has 0 aliphatic heterocycles. The maximum absolute atomic E-state index is 14.2. The zero-order chi connectivity index (χ0) is 24.9. The SMILES string of the molecule is COC1=CC(=CC2=C(C)/C(=C\C(=O)NCc3cccnc3)c3cc(F)ccc32)C=C(OC)C1=NO. The standard InChI is InChI=1S/C27H24FN3O4/c1-16-21(9-18-10-24(34-2)27(31-33)25(11-18)35-3)20-7-6-19(28)12-23(20)22(16)13-26(32)30-15-17-5-4-8-29-14-17/h4-14,33H,15H2,1-3H3,(H,30,32)/b18-9?,22-13+,31-27?. The average Bonchev–Trinajstić information content (AvgIpc) is 3.12. The molecule has 0 radical (unpaired) electrons. The van der Waals surface area contributed by atoms with Gasteiger partial charge >= 0.3 is 0 Å². The van der Waals surface area contributed by atoms with Crippen LogP contribution in [0.4, 0.5) is 4.39 Å². The Morgan fingerprint density at radius 3 is 2.54 bits per heavy atom. The normalized spacial score (nSPS) is 15.9. The van der Waals surface area contributed by atoms with E-state index < -0.39 is 5.82 Å². The zero-order valence-corrected chi connectivity index (χ0v) is 19.5. The number of methoxy groups -OCH3 is 2. The summed E-state index contributed by atoms with van der Waals surface area (Å²) in [5.74, 6) is -0.0212. The molecule has 2 aliphatic carbocycles. The Morgan fingerprint density at radius 2 is 1.91 bits per heavy atom. The van der Waals surface area contributed by atoms with Crippen molar-refractivity contribution < 1.29 is 23.9 Å². The smallest absolute Gasteiger partial charge is 0.244 e. The van der Waals surface area contributed by atoms with Crippen molar-refractivity contribution in [3.63, 3.8) is 0 Å². The van der Waals surface area contributed by atoms with Crippen LogP contribution >= 0.6 is 0 Å². The van der Waals surface area contributed by atoms with Gasteiger partial charge in [-0.2, -0.15) is 0 Å². The number of halogens is 1. The van der Waals surface area contributed by atoms with E-state index in [1.165, 1.54) is 32.4 Å². The molecule has 0 bridgehead atoms. The molecular weight excluding hydrogens is 449 g/mol. The third-order valence-corrected chi connectivity index (χ3v) is 5.75. The van der Waals surface area contributed by atoms with Crippen LogP contribution in [0.1, 0.15) is 23.6 Å². The minimum absolute atomic E-state index is 0.178. The molecule has 1 aromatic carbocycles. The molecule has 2 aliphatic rings. The molecule has 35 heavy (non-hydrogen) atoms. The maximum Gasteiger partial charge on any atom is 0.244 e. The summed E-state index contributed by atoms with van der Waals surface area (Å²) in [4.78, 5) is 16.8. The summed E-state index contributed by atoms with van der Waals surface area (Å²) >= 11 is 0. The summed E-state index contributed by atoms with van der Waals surface area (Å²) in [5, 5.41) is 15.4. The van der Waals surface area contributed by atoms with E-state index in [-0.39, 0.29) is 11.6 Å². The molecular formula is C27H24FN3O4. The maximum atomic E-state index is 14.2. The monoisotopic (exact) mass is 473 g/mol. The van der Waals surface area contributed by atoms with E-state index in [2.05, 4.69) is 15.5 Å². The van der Waals surface area contributed by atoms with E-state index in [1.54, 1.807) is 36.7 Å². The number of nitrogens with one attached hydrogen (secondary N) is 1. The number of aromatic nitrogens is 1. The molecule has 1 aromatic heterocycles. The molecule has 4 rings (SSSR count). The van der Waals surface area contributed by atoms with Gasteiger partial charge < -0.3 is 20.0 Å². The van der Waals surface area contributed by atoms with Gasteiger partial charge in [-0.05, 0) is 82.3 Å². The van der Waals surface area contributed by atoms with E-state index in [1.807, 2.05) is 19.1 Å². The lowest BCUT2D eigenvalue weighted by atomic mass is 9.98. The van der Waals surface area contributed by atoms with Gasteiger partial charge in [0.25, 0.3) is 0 Å². The number of nitrogens with zero attached hydrogens (tertiary/aromatic N) is 2. The Hall–Kier alpha value is -4.46. The van der Waals surface area contributed by atoms with Crippen LogP contribution in [0.2, 0.25) is 0 Å². The number of carbonyl (C=O) groups is 1. The number of ether oxygens (including phenoxy) is 2. The highest BCUT2D eigenvalue weighted by molar-refractivity contribution is 6.12. The molecule has 0 saturated heterocycles. The molecule has 0 unspecified atom stereocenters. The van der Waals surface area contributed by atoms with Crippen LogP contribution in [0.15, 0.2) is 94.8 Å². The van der Waals surface area contributed by atoms with Gasteiger partial charge in [-0.1, -0.05) is 17.3 Å². The second-order valence-corrected chi connectivity index (χ2v) is 7.88. The zero-order valence-electron chi connectivity index (χ0n) is 19.5. The molecule has 178 valence electrons. The number of benzene rings is 1. The van der Waals surface area contributed by atoms with Crippen LogP contribution in [0.5, 0.6) is 0 Å². The van der Waals surface area contributed by atoms with Crippen molar-refractivity contribution >= 4 is 22.8 Å². The highest BCUT2D eigenvalue weighted by atomic mass is 19.1. The minimum atomic E-state index is -0.392. The fraction of sp³-hybridized carbons (Fsp3) is 0.148. The first-order valence-corrected chi connectivity index (χ1v) is 10.8. The van der Waals surface area contributed by atoms with Crippen LogP contribution in [0.3, 0.4) is 0 Å². The predicted octanol–water partition coefficient (Wildman–Crippen LogP) is 4.54. The summed E-state index contributed by atoms with van der Waals surface area (Å²) in [6, 6.07) is 8.18. The van der Waals surface area contributed by atoms with Crippen molar-refractivity contribution in [1.82, 2.24) is 10.3 Å². The van der Waals surface area contributed by atoms with E-state index in [4.69, 9.17) is 9.47 Å². The second-order valence-electron chi connectivity index (χ2n) is 7.88. The first kappa shape index (κ1) is 23.7. The lowest BCUT2D eigenvalue weighted by molar-refractivity contribution is -0.116. The Morgan fingerprint density at radius 1 is 1.17 bits per heavy atom. The fourth-order valence-electron chi connectivity index (χ4n) is 4.03. The highest BCUT2D eigenvalue weighted by Gasteiger charge is 2.26. The fourth-order valence-corrected chi connectivity index (χ4v) is 4.03. The minimum Gasteiger partial charge on any atom is -0.494 e. The lowest BCUT2D eigenvalue weighted by Gasteiger charge is -2.16. The number of amides is 1. The molecule has 2 N–H and O–H groups in total. The first-order chi connectivity index (χ1) is 16.9. The van der Waals surface area contributed by atoms with Crippen molar-refractivity contribution in [2.75, 3.05) is 14.2 Å². The molecule has 0 atom stereocenters. The average molecular weight is 474 g/mol. The van der Waals surface area contributed by atoms with Crippen molar-refractivity contribution in [3.05, 3.63) is 112 Å². The second kappa shape index (κ2) is 10.2. The van der Waals surface area contributed by atoms with Gasteiger partial charge in [0.15, 0.2) is 17.2 Å². The van der Waals surface area contributed by atoms with Crippen molar-refractivity contribution in [1.29, 1.82) is 0 Å². The van der Waals surface area contributed by atoms with Crippen LogP contribution < -0.4 is 5.32 Å². The van der Waals surface area contributed by atoms with Crippen LogP contribution in [-0.2, 0) is 20.8 Å². The van der Waals surface area contributed by atoms with Gasteiger partial charge in [0, 0.05) is 25.0 Å². The Kier molecular flexibility index (Phi) is 6.91. The van der Waals surface area contributed by atoms with Crippen molar-refractivity contribution in [3.8, 4) is 0 Å². The van der Waals surface area contributed by atoms with Gasteiger partial charge in [-0.25, -0.2) is 4.39 Å². The number of hydrogen-bond acceptors (Lipinski definition) is 6. The van der Waals surface area contributed by atoms with Gasteiger partial charge in [0.05, 0.1) is 14.2 Å². The number of oxime groups is 1. The number of allylic oxidation sites excluding steroid dienone is 7. The third-order valence-electron chi connectivity index (χ3n) is 5.75. The largest absolute Gasteiger partial charge is 0.494 e. The van der Waals surface area contributed by atoms with Crippen molar-refractivity contribution in [2.45, 2.75) is 13.5 Å². The van der Waals surface area contributed by atoms with Gasteiger partial charge in [-0.3, -0.25) is 9.78 Å². The topological polar surface area (TPSA) is 93.0 Å². The molecule has 0 saturated carbocycles. The first-order valence-electron chi connectivity index (χ1n) is 10.8. The number of hydrogen-bond donors (Lipinski definition) is 2. The highest BCUT2D eigenvalue weighted by Crippen LogP contribution is 2.43. The Bertz CT molecular complexity index is 1330. The van der Waals surface area contributed by atoms with Gasteiger partial charge in [0.2, 0.25) is 5.91 Å². The summed E-state index contributed by atoms with van der Waals surface area (Å²) in [5.41, 5.74) is 5.47. The van der Waals surface area contributed by atoms with E-state index in [0.29, 0.717) is 29.2 Å². The predicted molar refractivity (Wildman–Crippen MR) is 131 cm³/mol. The summed E-state index contributed by atoms with van der Waals surface area (Å²) in [7, 11) is 2.94. The molecule has 7 nitrogen and oxygen atoms in total. The molecule has 2 aromatic rings. The van der Waals surface area contributed by atoms with Gasteiger partial charge in [-0.15, -0.1) is 0 Å². The van der Waals surface area contributed by atoms with E-state index in [9.17, 15) is 14.4 Å². The number of carbonyl (C=O) groups excluding carboxylic acids is 1. The third kappa shape index (κ3) is 4.91. The number of fused-ring (bicyclic) bond motifs is 1. The van der Waals surface area contributed by atoms with Gasteiger partial charge in [0.1, 0.15) is 5.82 Å². The van der Waals surface area contributed by atoms with Crippen LogP contribution in [0.25, 0.3) is 11.1 Å². The molecule has 8 heteroatoms. The Balaban J connectivity index is 1.73. The summed E-state index contributed by atoms with van der Waals surface area (Å²) in [6.07, 6.45) is 10.2. The molecule has 0 fully saturated rings. The van der Waals surface area contributed by atoms with E-state index >= 15 is 0 Å². The Labute approximate surface area is 202 Å². The molecule has 1 amide bonds. The van der Waals surface area contributed by atoms with Crippen molar-refractivity contribution in [2.24, 2.45) is 5.16 Å². The van der Waals surface area contributed by atoms with Crippen LogP contribution in [0, 0.1) is 5.82 Å². The number of pyridine rings is 1. The molecule has 0 spiro atoms. The van der Waals surface area contributed by atoms with E-state index in [0.717, 1.165) is 27.8 Å². The lowest BCUT2D eigenvalue weighted by Crippen LogP contribution is -2.20. The number of rotatable bonds is 6. The van der Waals surface area contributed by atoms with Crippen LogP contribution in [-0.4, -0.2) is 36.0 Å². The summed E-state index contributed by atoms with van der Waals surface area (Å²) in [6.45, 7) is 2.21. The summed E-state index contributed by atoms with van der Waals surface area (Å²) < 4.78 is 24.9.